The molecule has 1 aromatic rings. The van der Waals surface area contributed by atoms with Crippen LogP contribution >= 0.6 is 23.5 Å². The van der Waals surface area contributed by atoms with Crippen molar-refractivity contribution in [2.45, 2.75) is 0 Å². The first-order valence-electron chi connectivity index (χ1n) is 7.75. The SMILES string of the molecule is NC(=O)c1nc(N2CCSCC2)c(C(N)=O)nc1N1CCSCC1. The van der Waals surface area contributed by atoms with Crippen LogP contribution in [0.1, 0.15) is 21.0 Å². The molecule has 8 nitrogen and oxygen atoms in total. The quantitative estimate of drug-likeness (QED) is 0.749. The molecule has 3 heterocycles. The fraction of sp³-hybridized carbons (Fsp3) is 0.571. The van der Waals surface area contributed by atoms with Crippen molar-refractivity contribution in [1.82, 2.24) is 9.97 Å². The predicted molar refractivity (Wildman–Crippen MR) is 98.1 cm³/mol. The van der Waals surface area contributed by atoms with Crippen LogP contribution in [-0.4, -0.2) is 71.0 Å². The Morgan fingerprint density at radius 2 is 1.08 bits per heavy atom. The Morgan fingerprint density at radius 3 is 1.38 bits per heavy atom. The maximum atomic E-state index is 11.9. The van der Waals surface area contributed by atoms with Crippen molar-refractivity contribution in [3.05, 3.63) is 11.4 Å². The molecule has 130 valence electrons. The van der Waals surface area contributed by atoms with Crippen LogP contribution in [0.3, 0.4) is 0 Å². The number of hydrogen-bond acceptors (Lipinski definition) is 8. The third-order valence-corrected chi connectivity index (χ3v) is 5.83. The lowest BCUT2D eigenvalue weighted by Crippen LogP contribution is -2.39. The molecule has 0 aliphatic carbocycles. The molecule has 0 atom stereocenters. The summed E-state index contributed by atoms with van der Waals surface area (Å²) in [5.41, 5.74) is 11.3. The van der Waals surface area contributed by atoms with Gasteiger partial charge >= 0.3 is 0 Å². The van der Waals surface area contributed by atoms with Crippen LogP contribution in [0.2, 0.25) is 0 Å². The van der Waals surface area contributed by atoms with E-state index < -0.39 is 11.8 Å². The monoisotopic (exact) mass is 368 g/mol. The zero-order chi connectivity index (χ0) is 17.1. The van der Waals surface area contributed by atoms with Crippen molar-refractivity contribution in [3.63, 3.8) is 0 Å². The number of carbonyl (C=O) groups excluding carboxylic acids is 2. The molecule has 3 rings (SSSR count). The fourth-order valence-electron chi connectivity index (χ4n) is 2.74. The largest absolute Gasteiger partial charge is 0.364 e. The van der Waals surface area contributed by atoms with Gasteiger partial charge in [-0.3, -0.25) is 9.59 Å². The summed E-state index contributed by atoms with van der Waals surface area (Å²) in [4.78, 5) is 36.6. The third-order valence-electron chi connectivity index (χ3n) is 3.95. The zero-order valence-corrected chi connectivity index (χ0v) is 14.9. The topological polar surface area (TPSA) is 118 Å². The Hall–Kier alpha value is -1.68. The van der Waals surface area contributed by atoms with Crippen LogP contribution in [0, 0.1) is 0 Å². The normalized spacial score (nSPS) is 18.5. The smallest absolute Gasteiger partial charge is 0.271 e. The van der Waals surface area contributed by atoms with Crippen LogP contribution < -0.4 is 21.3 Å². The van der Waals surface area contributed by atoms with E-state index in [4.69, 9.17) is 11.5 Å². The van der Waals surface area contributed by atoms with Gasteiger partial charge in [-0.15, -0.1) is 0 Å². The molecule has 1 aromatic heterocycles. The second-order valence-corrected chi connectivity index (χ2v) is 7.94. The Kier molecular flexibility index (Phi) is 5.34. The average molecular weight is 368 g/mol. The lowest BCUT2D eigenvalue weighted by atomic mass is 10.2. The minimum atomic E-state index is -0.639. The van der Waals surface area contributed by atoms with Crippen LogP contribution in [0.5, 0.6) is 0 Å². The summed E-state index contributed by atoms with van der Waals surface area (Å²) in [5, 5.41) is 0. The molecule has 2 aliphatic rings. The van der Waals surface area contributed by atoms with Gasteiger partial charge in [0.2, 0.25) is 0 Å². The minimum absolute atomic E-state index is 0.111. The Morgan fingerprint density at radius 1 is 0.750 bits per heavy atom. The second kappa shape index (κ2) is 7.47. The van der Waals surface area contributed by atoms with E-state index in [2.05, 4.69) is 9.97 Å². The highest BCUT2D eigenvalue weighted by molar-refractivity contribution is 7.99. The first-order valence-corrected chi connectivity index (χ1v) is 10.1. The number of rotatable bonds is 4. The molecule has 24 heavy (non-hydrogen) atoms. The summed E-state index contributed by atoms with van der Waals surface area (Å²) in [7, 11) is 0. The second-order valence-electron chi connectivity index (χ2n) is 5.50. The minimum Gasteiger partial charge on any atom is -0.364 e. The Balaban J connectivity index is 2.07. The number of primary amides is 2. The summed E-state index contributed by atoms with van der Waals surface area (Å²) in [6, 6.07) is 0. The number of aromatic nitrogens is 2. The molecule has 2 amide bonds. The predicted octanol–water partition coefficient (Wildman–Crippen LogP) is -0.219. The molecular weight excluding hydrogens is 348 g/mol. The van der Waals surface area contributed by atoms with E-state index in [0.29, 0.717) is 11.6 Å². The van der Waals surface area contributed by atoms with E-state index in [1.165, 1.54) is 0 Å². The maximum absolute atomic E-state index is 11.9. The Labute approximate surface area is 148 Å². The summed E-state index contributed by atoms with van der Waals surface area (Å²) >= 11 is 3.67. The van der Waals surface area contributed by atoms with Gasteiger partial charge < -0.3 is 21.3 Å². The average Bonchev–Trinajstić information content (AvgIpc) is 2.62. The summed E-state index contributed by atoms with van der Waals surface area (Å²) in [6.45, 7) is 2.93. The van der Waals surface area contributed by atoms with E-state index in [9.17, 15) is 9.59 Å². The molecule has 2 saturated heterocycles. The number of nitrogens with zero attached hydrogens (tertiary/aromatic N) is 4. The van der Waals surface area contributed by atoms with Crippen molar-refractivity contribution in [3.8, 4) is 0 Å². The van der Waals surface area contributed by atoms with Crippen molar-refractivity contribution < 1.29 is 9.59 Å². The number of amides is 2. The van der Waals surface area contributed by atoms with Crippen molar-refractivity contribution >= 4 is 47.0 Å². The third kappa shape index (κ3) is 3.54. The molecule has 0 saturated carbocycles. The molecule has 2 fully saturated rings. The molecule has 0 unspecified atom stereocenters. The van der Waals surface area contributed by atoms with Gasteiger partial charge in [0.1, 0.15) is 0 Å². The van der Waals surface area contributed by atoms with E-state index in [1.807, 2.05) is 33.3 Å². The van der Waals surface area contributed by atoms with Gasteiger partial charge in [-0.05, 0) is 0 Å². The lowest BCUT2D eigenvalue weighted by molar-refractivity contribution is 0.0981. The molecular formula is C14H20N6O2S2. The molecule has 4 N–H and O–H groups in total. The van der Waals surface area contributed by atoms with E-state index >= 15 is 0 Å². The fourth-order valence-corrected chi connectivity index (χ4v) is 4.55. The van der Waals surface area contributed by atoms with Gasteiger partial charge in [-0.1, -0.05) is 0 Å². The molecule has 0 radical (unpaired) electrons. The summed E-state index contributed by atoms with van der Waals surface area (Å²) < 4.78 is 0. The molecule has 0 aromatic carbocycles. The lowest BCUT2D eigenvalue weighted by Gasteiger charge is -2.31. The molecule has 10 heteroatoms. The van der Waals surface area contributed by atoms with E-state index in [1.54, 1.807) is 0 Å². The van der Waals surface area contributed by atoms with Gasteiger partial charge in [-0.25, -0.2) is 9.97 Å². The molecule has 2 aliphatic heterocycles. The highest BCUT2D eigenvalue weighted by atomic mass is 32.2. The van der Waals surface area contributed by atoms with Crippen molar-refractivity contribution in [1.29, 1.82) is 0 Å². The van der Waals surface area contributed by atoms with Crippen LogP contribution in [0.15, 0.2) is 0 Å². The number of carbonyl (C=O) groups is 2. The van der Waals surface area contributed by atoms with Crippen molar-refractivity contribution in [2.24, 2.45) is 11.5 Å². The molecule has 0 spiro atoms. The van der Waals surface area contributed by atoms with Gasteiger partial charge in [0, 0.05) is 49.2 Å². The van der Waals surface area contributed by atoms with Gasteiger partial charge in [0.05, 0.1) is 0 Å². The maximum Gasteiger partial charge on any atom is 0.271 e. The van der Waals surface area contributed by atoms with Gasteiger partial charge in [0.15, 0.2) is 23.0 Å². The van der Waals surface area contributed by atoms with Crippen LogP contribution in [-0.2, 0) is 0 Å². The summed E-state index contributed by atoms with van der Waals surface area (Å²) in [5.74, 6) is 3.17. The Bertz CT molecular complexity index is 589. The summed E-state index contributed by atoms with van der Waals surface area (Å²) in [6.07, 6.45) is 0. The number of nitrogens with two attached hydrogens (primary N) is 2. The zero-order valence-electron chi connectivity index (χ0n) is 13.2. The molecule has 0 bridgehead atoms. The van der Waals surface area contributed by atoms with Gasteiger partial charge in [-0.2, -0.15) is 23.5 Å². The van der Waals surface area contributed by atoms with Crippen LogP contribution in [0.4, 0.5) is 11.6 Å². The number of anilines is 2. The van der Waals surface area contributed by atoms with Gasteiger partial charge in [0.25, 0.3) is 11.8 Å². The van der Waals surface area contributed by atoms with E-state index in [0.717, 1.165) is 49.2 Å². The highest BCUT2D eigenvalue weighted by Crippen LogP contribution is 2.27. The first-order chi connectivity index (χ1) is 11.6. The van der Waals surface area contributed by atoms with E-state index in [-0.39, 0.29) is 11.4 Å². The number of hydrogen-bond donors (Lipinski definition) is 2. The van der Waals surface area contributed by atoms with Crippen molar-refractivity contribution in [2.75, 3.05) is 59.0 Å². The number of thioether (sulfide) groups is 2. The van der Waals surface area contributed by atoms with Crippen LogP contribution in [0.25, 0.3) is 0 Å². The first kappa shape index (κ1) is 17.2. The standard InChI is InChI=1S/C14H20N6O2S2/c15-11(21)9-13(19-1-5-23-6-2-19)17-10(12(16)22)14(18-9)20-3-7-24-8-4-20/h1-8H2,(H2,15,21)(H2,16,22). The highest BCUT2D eigenvalue weighted by Gasteiger charge is 2.28.